The van der Waals surface area contributed by atoms with Crippen LogP contribution in [0.1, 0.15) is 30.9 Å². The van der Waals surface area contributed by atoms with Crippen molar-refractivity contribution in [2.45, 2.75) is 19.8 Å². The number of hydrogen-bond donors (Lipinski definition) is 1. The molecular weight excluding hydrogens is 221 g/mol. The first-order valence-electron chi connectivity index (χ1n) is 5.32. The van der Waals surface area contributed by atoms with Crippen molar-refractivity contribution in [3.05, 3.63) is 35.1 Å². The van der Waals surface area contributed by atoms with Crippen LogP contribution in [-0.4, -0.2) is 11.1 Å². The number of carbonyl (C=O) groups is 1. The number of nitriles is 1. The van der Waals surface area contributed by atoms with E-state index in [0.717, 1.165) is 5.56 Å². The summed E-state index contributed by atoms with van der Waals surface area (Å²) in [5.41, 5.74) is 0.353. The van der Waals surface area contributed by atoms with E-state index >= 15 is 0 Å². The highest BCUT2D eigenvalue weighted by Crippen LogP contribution is 2.64. The molecule has 88 valence electrons. The molecule has 1 N–H and O–H groups in total. The van der Waals surface area contributed by atoms with Gasteiger partial charge in [-0.1, -0.05) is 19.9 Å². The van der Waals surface area contributed by atoms with Gasteiger partial charge in [-0.25, -0.2) is 4.39 Å². The number of carboxylic acid groups (broad SMARTS) is 1. The lowest BCUT2D eigenvalue weighted by molar-refractivity contribution is -0.139. The number of nitrogens with zero attached hydrogens (tertiary/aromatic N) is 1. The van der Waals surface area contributed by atoms with Crippen molar-refractivity contribution >= 4 is 5.97 Å². The van der Waals surface area contributed by atoms with Gasteiger partial charge in [-0.15, -0.1) is 0 Å². The first kappa shape index (κ1) is 11.6. The normalized spacial score (nSPS) is 25.1. The summed E-state index contributed by atoms with van der Waals surface area (Å²) < 4.78 is 13.2. The average molecular weight is 233 g/mol. The van der Waals surface area contributed by atoms with Gasteiger partial charge in [0.25, 0.3) is 0 Å². The zero-order chi connectivity index (χ0) is 12.8. The quantitative estimate of drug-likeness (QED) is 0.853. The van der Waals surface area contributed by atoms with E-state index in [9.17, 15) is 9.18 Å². The van der Waals surface area contributed by atoms with Gasteiger partial charge in [0.15, 0.2) is 0 Å². The maximum absolute atomic E-state index is 13.2. The maximum Gasteiger partial charge on any atom is 0.307 e. The number of benzene rings is 1. The highest BCUT2D eigenvalue weighted by Gasteiger charge is 2.62. The molecule has 0 heterocycles. The van der Waals surface area contributed by atoms with E-state index < -0.39 is 17.7 Å². The average Bonchev–Trinajstić information content (AvgIpc) is 2.82. The summed E-state index contributed by atoms with van der Waals surface area (Å²) in [5, 5.41) is 17.8. The molecule has 0 radical (unpaired) electrons. The van der Waals surface area contributed by atoms with E-state index in [1.54, 1.807) is 12.1 Å². The molecule has 3 nitrogen and oxygen atoms in total. The summed E-state index contributed by atoms with van der Waals surface area (Å²) >= 11 is 0. The molecule has 0 amide bonds. The zero-order valence-corrected chi connectivity index (χ0v) is 9.57. The lowest BCUT2D eigenvalue weighted by Gasteiger charge is -2.03. The number of aliphatic carboxylic acids is 1. The summed E-state index contributed by atoms with van der Waals surface area (Å²) in [6.45, 7) is 3.73. The maximum atomic E-state index is 13.2. The van der Waals surface area contributed by atoms with Crippen LogP contribution in [0.5, 0.6) is 0 Å². The summed E-state index contributed by atoms with van der Waals surface area (Å²) in [6, 6.07) is 6.00. The fourth-order valence-corrected chi connectivity index (χ4v) is 2.54. The van der Waals surface area contributed by atoms with Gasteiger partial charge < -0.3 is 5.11 Å². The van der Waals surface area contributed by atoms with Gasteiger partial charge in [0.2, 0.25) is 0 Å². The molecule has 17 heavy (non-hydrogen) atoms. The largest absolute Gasteiger partial charge is 0.481 e. The molecule has 0 saturated heterocycles. The highest BCUT2D eigenvalue weighted by atomic mass is 19.1. The third kappa shape index (κ3) is 1.68. The van der Waals surface area contributed by atoms with Crippen LogP contribution in [0.25, 0.3) is 0 Å². The minimum absolute atomic E-state index is 0.0330. The Kier molecular flexibility index (Phi) is 2.43. The summed E-state index contributed by atoms with van der Waals surface area (Å²) in [4.78, 5) is 11.0. The molecule has 2 atom stereocenters. The topological polar surface area (TPSA) is 61.1 Å². The first-order valence-corrected chi connectivity index (χ1v) is 5.32. The van der Waals surface area contributed by atoms with Gasteiger partial charge >= 0.3 is 5.97 Å². The Morgan fingerprint density at radius 2 is 2.18 bits per heavy atom. The Morgan fingerprint density at radius 1 is 1.53 bits per heavy atom. The molecule has 1 saturated carbocycles. The molecular formula is C13H12FNO2. The minimum Gasteiger partial charge on any atom is -0.481 e. The molecule has 2 rings (SSSR count). The van der Waals surface area contributed by atoms with Crippen molar-refractivity contribution in [1.82, 2.24) is 0 Å². The van der Waals surface area contributed by atoms with E-state index in [4.69, 9.17) is 10.4 Å². The fourth-order valence-electron chi connectivity index (χ4n) is 2.54. The van der Waals surface area contributed by atoms with E-state index in [-0.39, 0.29) is 16.9 Å². The molecule has 0 aromatic heterocycles. The van der Waals surface area contributed by atoms with Gasteiger partial charge in [0.05, 0.1) is 11.5 Å². The smallest absolute Gasteiger partial charge is 0.307 e. The number of halogens is 1. The van der Waals surface area contributed by atoms with Crippen LogP contribution in [0.2, 0.25) is 0 Å². The molecule has 1 aromatic rings. The van der Waals surface area contributed by atoms with Crippen molar-refractivity contribution in [3.8, 4) is 6.07 Å². The van der Waals surface area contributed by atoms with Gasteiger partial charge in [-0.2, -0.15) is 5.26 Å². The van der Waals surface area contributed by atoms with Gasteiger partial charge in [0, 0.05) is 5.92 Å². The van der Waals surface area contributed by atoms with Gasteiger partial charge in [-0.05, 0) is 23.1 Å². The second-order valence-electron chi connectivity index (χ2n) is 4.97. The van der Waals surface area contributed by atoms with Crippen molar-refractivity contribution in [3.63, 3.8) is 0 Å². The summed E-state index contributed by atoms with van der Waals surface area (Å²) in [5.74, 6) is -2.02. The van der Waals surface area contributed by atoms with Crippen LogP contribution in [0.3, 0.4) is 0 Å². The van der Waals surface area contributed by atoms with Crippen LogP contribution in [0, 0.1) is 28.5 Å². The predicted octanol–water partition coefficient (Wildman–Crippen LogP) is 2.52. The summed E-state index contributed by atoms with van der Waals surface area (Å²) in [6.07, 6.45) is 0. The molecule has 0 bridgehead atoms. The van der Waals surface area contributed by atoms with Crippen LogP contribution in [-0.2, 0) is 4.79 Å². The van der Waals surface area contributed by atoms with E-state index in [2.05, 4.69) is 0 Å². The number of carboxylic acids is 1. The van der Waals surface area contributed by atoms with E-state index in [0.29, 0.717) is 0 Å². The Balaban J connectivity index is 2.38. The Hall–Kier alpha value is -1.89. The zero-order valence-electron chi connectivity index (χ0n) is 9.57. The fraction of sp³-hybridized carbons (Fsp3) is 0.385. The van der Waals surface area contributed by atoms with Crippen molar-refractivity contribution < 1.29 is 14.3 Å². The summed E-state index contributed by atoms with van der Waals surface area (Å²) in [7, 11) is 0. The first-order chi connectivity index (χ1) is 7.89. The SMILES string of the molecule is CC1(C)[C@H](C(=O)O)[C@H]1c1ccc(F)c(C#N)c1. The van der Waals surface area contributed by atoms with Crippen molar-refractivity contribution in [2.75, 3.05) is 0 Å². The molecule has 1 aliphatic carbocycles. The standard InChI is InChI=1S/C13H12FNO2/c1-13(2)10(11(13)12(16)17)7-3-4-9(14)8(5-7)6-15/h3-5,10-11H,1-2H3,(H,16,17)/t10-,11+/m1/s1. The lowest BCUT2D eigenvalue weighted by Crippen LogP contribution is -2.03. The van der Waals surface area contributed by atoms with Crippen LogP contribution < -0.4 is 0 Å². The van der Waals surface area contributed by atoms with Gasteiger partial charge in [0.1, 0.15) is 11.9 Å². The molecule has 0 unspecified atom stereocenters. The second kappa shape index (κ2) is 3.56. The van der Waals surface area contributed by atoms with Crippen LogP contribution >= 0.6 is 0 Å². The Bertz CT molecular complexity index is 531. The molecule has 0 spiro atoms. The van der Waals surface area contributed by atoms with Crippen molar-refractivity contribution in [1.29, 1.82) is 5.26 Å². The lowest BCUT2D eigenvalue weighted by atomic mass is 10.0. The highest BCUT2D eigenvalue weighted by molar-refractivity contribution is 5.77. The third-order valence-electron chi connectivity index (χ3n) is 3.56. The number of rotatable bonds is 2. The minimum atomic E-state index is -0.845. The Morgan fingerprint density at radius 3 is 2.65 bits per heavy atom. The van der Waals surface area contributed by atoms with E-state index in [1.165, 1.54) is 12.1 Å². The third-order valence-corrected chi connectivity index (χ3v) is 3.56. The van der Waals surface area contributed by atoms with Gasteiger partial charge in [-0.3, -0.25) is 4.79 Å². The second-order valence-corrected chi connectivity index (χ2v) is 4.97. The number of hydrogen-bond acceptors (Lipinski definition) is 2. The van der Waals surface area contributed by atoms with Crippen LogP contribution in [0.4, 0.5) is 4.39 Å². The Labute approximate surface area is 98.5 Å². The predicted molar refractivity (Wildman–Crippen MR) is 58.8 cm³/mol. The molecule has 1 aromatic carbocycles. The molecule has 0 aliphatic heterocycles. The molecule has 1 aliphatic rings. The van der Waals surface area contributed by atoms with Crippen LogP contribution in [0.15, 0.2) is 18.2 Å². The van der Waals surface area contributed by atoms with Crippen molar-refractivity contribution in [2.24, 2.45) is 11.3 Å². The van der Waals surface area contributed by atoms with E-state index in [1.807, 2.05) is 13.8 Å². The monoisotopic (exact) mass is 233 g/mol. The molecule has 1 fully saturated rings. The molecule has 4 heteroatoms.